The lowest BCUT2D eigenvalue weighted by molar-refractivity contribution is 0.0993. The number of rotatable bonds is 3. The van der Waals surface area contributed by atoms with Gasteiger partial charge in [-0.25, -0.2) is 4.98 Å². The van der Waals surface area contributed by atoms with Crippen LogP contribution in [0.5, 0.6) is 0 Å². The second-order valence-corrected chi connectivity index (χ2v) is 6.61. The van der Waals surface area contributed by atoms with Crippen LogP contribution in [0.3, 0.4) is 0 Å². The number of anilines is 1. The Balaban J connectivity index is 1.67. The normalized spacial score (nSPS) is 10.8. The molecule has 128 valence electrons. The largest absolute Gasteiger partial charge is 0.311 e. The molecule has 2 heterocycles. The molecular formula is C20H15N3O2S. The minimum Gasteiger partial charge on any atom is -0.311 e. The van der Waals surface area contributed by atoms with Crippen LogP contribution >= 0.6 is 11.3 Å². The van der Waals surface area contributed by atoms with E-state index in [4.69, 9.17) is 0 Å². The predicted octanol–water partition coefficient (Wildman–Crippen LogP) is 3.72. The number of benzene rings is 2. The van der Waals surface area contributed by atoms with Gasteiger partial charge in [-0.05, 0) is 47.8 Å². The Hall–Kier alpha value is -3.25. The smallest absolute Gasteiger partial charge is 0.265 e. The van der Waals surface area contributed by atoms with Gasteiger partial charge in [-0.2, -0.15) is 11.3 Å². The molecule has 2 aromatic heterocycles. The minimum absolute atomic E-state index is 0.0982. The van der Waals surface area contributed by atoms with Crippen molar-refractivity contribution in [3.63, 3.8) is 0 Å². The SMILES string of the molecule is CN(C(=O)c1ccc(-n2cnc3ccccc3c2=O)cc1)c1ccsc1. The number of thiophene rings is 1. The molecule has 1 amide bonds. The van der Waals surface area contributed by atoms with Gasteiger partial charge in [0.05, 0.1) is 22.3 Å². The molecule has 6 heteroatoms. The van der Waals surface area contributed by atoms with E-state index in [1.165, 1.54) is 10.9 Å². The molecule has 0 unspecified atom stereocenters. The van der Waals surface area contributed by atoms with Crippen LogP contribution in [0, 0.1) is 0 Å². The molecule has 0 saturated heterocycles. The summed E-state index contributed by atoms with van der Waals surface area (Å²) in [6.45, 7) is 0. The molecule has 26 heavy (non-hydrogen) atoms. The summed E-state index contributed by atoms with van der Waals surface area (Å²) in [6.07, 6.45) is 1.51. The van der Waals surface area contributed by atoms with E-state index >= 15 is 0 Å². The second-order valence-electron chi connectivity index (χ2n) is 5.83. The van der Waals surface area contributed by atoms with E-state index in [0.29, 0.717) is 22.2 Å². The monoisotopic (exact) mass is 361 g/mol. The number of fused-ring (bicyclic) bond motifs is 1. The van der Waals surface area contributed by atoms with Crippen LogP contribution in [0.4, 0.5) is 5.69 Å². The number of amides is 1. The van der Waals surface area contributed by atoms with Crippen LogP contribution < -0.4 is 10.5 Å². The van der Waals surface area contributed by atoms with Gasteiger partial charge in [0.1, 0.15) is 6.33 Å². The van der Waals surface area contributed by atoms with E-state index in [0.717, 1.165) is 5.69 Å². The van der Waals surface area contributed by atoms with Crippen molar-refractivity contribution in [1.29, 1.82) is 0 Å². The van der Waals surface area contributed by atoms with Crippen molar-refractivity contribution in [2.75, 3.05) is 11.9 Å². The molecule has 0 radical (unpaired) electrons. The summed E-state index contributed by atoms with van der Waals surface area (Å²) in [7, 11) is 1.75. The van der Waals surface area contributed by atoms with Crippen LogP contribution in [-0.4, -0.2) is 22.5 Å². The Labute approximate surface area is 153 Å². The van der Waals surface area contributed by atoms with Crippen molar-refractivity contribution < 1.29 is 4.79 Å². The van der Waals surface area contributed by atoms with Crippen molar-refractivity contribution in [3.8, 4) is 5.69 Å². The predicted molar refractivity (Wildman–Crippen MR) is 104 cm³/mol. The van der Waals surface area contributed by atoms with Crippen LogP contribution in [0.15, 0.2) is 76.5 Å². The molecule has 0 saturated carbocycles. The summed E-state index contributed by atoms with van der Waals surface area (Å²) in [5, 5.41) is 4.42. The Bertz CT molecular complexity index is 1130. The van der Waals surface area contributed by atoms with Gasteiger partial charge < -0.3 is 4.90 Å². The van der Waals surface area contributed by atoms with Crippen molar-refractivity contribution in [2.24, 2.45) is 0 Å². The van der Waals surface area contributed by atoms with Gasteiger partial charge in [0, 0.05) is 18.0 Å². The highest BCUT2D eigenvalue weighted by Crippen LogP contribution is 2.19. The summed E-state index contributed by atoms with van der Waals surface area (Å²) in [4.78, 5) is 31.2. The summed E-state index contributed by atoms with van der Waals surface area (Å²) in [5.41, 5.74) is 2.62. The molecule has 0 N–H and O–H groups in total. The summed E-state index contributed by atoms with van der Waals surface area (Å²) in [6, 6.07) is 16.1. The molecule has 0 atom stereocenters. The van der Waals surface area contributed by atoms with Gasteiger partial charge in [-0.1, -0.05) is 12.1 Å². The van der Waals surface area contributed by atoms with E-state index in [2.05, 4.69) is 4.98 Å². The van der Waals surface area contributed by atoms with Gasteiger partial charge >= 0.3 is 0 Å². The molecule has 2 aromatic carbocycles. The van der Waals surface area contributed by atoms with Gasteiger partial charge in [0.2, 0.25) is 0 Å². The van der Waals surface area contributed by atoms with Gasteiger partial charge in [0.25, 0.3) is 11.5 Å². The quantitative estimate of drug-likeness (QED) is 0.559. The highest BCUT2D eigenvalue weighted by molar-refractivity contribution is 7.08. The number of nitrogens with zero attached hydrogens (tertiary/aromatic N) is 3. The Kier molecular flexibility index (Phi) is 4.10. The van der Waals surface area contributed by atoms with E-state index < -0.39 is 0 Å². The lowest BCUT2D eigenvalue weighted by Crippen LogP contribution is -2.25. The fourth-order valence-corrected chi connectivity index (χ4v) is 3.45. The molecule has 4 rings (SSSR count). The first kappa shape index (κ1) is 16.2. The van der Waals surface area contributed by atoms with Crippen molar-refractivity contribution in [1.82, 2.24) is 9.55 Å². The molecule has 0 aliphatic rings. The van der Waals surface area contributed by atoms with E-state index in [9.17, 15) is 9.59 Å². The molecule has 0 aliphatic carbocycles. The zero-order chi connectivity index (χ0) is 18.1. The third-order valence-electron chi connectivity index (χ3n) is 4.26. The van der Waals surface area contributed by atoms with Crippen LogP contribution in [0.1, 0.15) is 10.4 Å². The number of hydrogen-bond donors (Lipinski definition) is 0. The highest BCUT2D eigenvalue weighted by atomic mass is 32.1. The van der Waals surface area contributed by atoms with E-state index in [1.807, 2.05) is 35.0 Å². The van der Waals surface area contributed by atoms with Crippen LogP contribution in [-0.2, 0) is 0 Å². The lowest BCUT2D eigenvalue weighted by Gasteiger charge is -2.16. The number of hydrogen-bond acceptors (Lipinski definition) is 4. The zero-order valence-corrected chi connectivity index (χ0v) is 14.8. The average Bonchev–Trinajstić information content (AvgIpc) is 3.22. The number of aromatic nitrogens is 2. The number of carbonyl (C=O) groups is 1. The maximum atomic E-state index is 12.7. The van der Waals surface area contributed by atoms with E-state index in [1.54, 1.807) is 53.6 Å². The van der Waals surface area contributed by atoms with E-state index in [-0.39, 0.29) is 11.5 Å². The first-order chi connectivity index (χ1) is 12.6. The molecule has 0 spiro atoms. The van der Waals surface area contributed by atoms with Crippen molar-refractivity contribution in [3.05, 3.63) is 87.6 Å². The Morgan fingerprint density at radius 3 is 2.58 bits per heavy atom. The topological polar surface area (TPSA) is 55.2 Å². The molecule has 0 fully saturated rings. The molecule has 4 aromatic rings. The molecule has 0 aliphatic heterocycles. The summed E-state index contributed by atoms with van der Waals surface area (Å²) >= 11 is 1.54. The maximum absolute atomic E-state index is 12.7. The Morgan fingerprint density at radius 1 is 1.08 bits per heavy atom. The van der Waals surface area contributed by atoms with Crippen molar-refractivity contribution >= 4 is 33.8 Å². The molecule has 5 nitrogen and oxygen atoms in total. The third-order valence-corrected chi connectivity index (χ3v) is 4.93. The van der Waals surface area contributed by atoms with Crippen LogP contribution in [0.2, 0.25) is 0 Å². The minimum atomic E-state index is -0.134. The highest BCUT2D eigenvalue weighted by Gasteiger charge is 2.14. The number of carbonyl (C=O) groups excluding carboxylic acids is 1. The van der Waals surface area contributed by atoms with Crippen molar-refractivity contribution in [2.45, 2.75) is 0 Å². The second kappa shape index (κ2) is 6.57. The van der Waals surface area contributed by atoms with Crippen LogP contribution in [0.25, 0.3) is 16.6 Å². The first-order valence-corrected chi connectivity index (χ1v) is 8.96. The Morgan fingerprint density at radius 2 is 1.85 bits per heavy atom. The first-order valence-electron chi connectivity index (χ1n) is 8.02. The van der Waals surface area contributed by atoms with Gasteiger partial charge in [0.15, 0.2) is 0 Å². The van der Waals surface area contributed by atoms with Gasteiger partial charge in [-0.15, -0.1) is 0 Å². The zero-order valence-electron chi connectivity index (χ0n) is 14.0. The average molecular weight is 361 g/mol. The summed E-state index contributed by atoms with van der Waals surface area (Å²) in [5.74, 6) is -0.0982. The summed E-state index contributed by atoms with van der Waals surface area (Å²) < 4.78 is 1.49. The standard InChI is InChI=1S/C20H15N3O2S/c1-22(16-10-11-26-12-16)19(24)14-6-8-15(9-7-14)23-13-21-18-5-3-2-4-17(18)20(23)25/h2-13H,1H3. The fraction of sp³-hybridized carbons (Fsp3) is 0.0500. The number of para-hydroxylation sites is 1. The molecule has 0 bridgehead atoms. The van der Waals surface area contributed by atoms with Gasteiger partial charge in [-0.3, -0.25) is 14.2 Å². The molecular weight excluding hydrogens is 346 g/mol. The lowest BCUT2D eigenvalue weighted by atomic mass is 10.1. The fourth-order valence-electron chi connectivity index (χ4n) is 2.78. The maximum Gasteiger partial charge on any atom is 0.265 e. The third kappa shape index (κ3) is 2.80.